The Morgan fingerprint density at radius 3 is 2.19 bits per heavy atom. The van der Waals surface area contributed by atoms with Gasteiger partial charge in [-0.15, -0.1) is 0 Å². The molecular weight excluding hydrogens is 330 g/mol. The van der Waals surface area contributed by atoms with E-state index in [1.165, 1.54) is 19.3 Å². The maximum atomic E-state index is 12.0. The smallest absolute Gasteiger partial charge is 0.222 e. The number of rotatable bonds is 7. The van der Waals surface area contributed by atoms with Crippen molar-refractivity contribution in [2.45, 2.75) is 97.1 Å². The van der Waals surface area contributed by atoms with E-state index < -0.39 is 0 Å². The van der Waals surface area contributed by atoms with Crippen LogP contribution in [0.25, 0.3) is 0 Å². The van der Waals surface area contributed by atoms with Crippen LogP contribution in [-0.2, 0) is 14.3 Å². The first-order valence-corrected chi connectivity index (χ1v) is 10.5. The molecule has 154 valence electrons. The Kier molecular flexibility index (Phi) is 11.8. The standard InChI is InChI=1S/C19H33NO3.C2H6O.H2/c1-14(2)19(22)15-8-10-16(11-9-15)20-18(21)12-13-23-17-6-4-3-5-7-17;1-2-3;/h14-17H,3-13H2,1-2H3,(H,20,21);3H,2H2,1H3;1H. The number of nitrogens with one attached hydrogen (secondary N) is 1. The SMILES string of the molecule is CC(C)C(=O)C1CCC(NC(=O)CCOC2CCCCC2)CC1.CCO.[HH]. The predicted molar refractivity (Wildman–Crippen MR) is 106 cm³/mol. The number of hydrogen-bond donors (Lipinski definition) is 2. The number of hydrogen-bond acceptors (Lipinski definition) is 4. The molecule has 2 aliphatic rings. The lowest BCUT2D eigenvalue weighted by Gasteiger charge is -2.29. The summed E-state index contributed by atoms with van der Waals surface area (Å²) < 4.78 is 5.81. The van der Waals surface area contributed by atoms with E-state index >= 15 is 0 Å². The van der Waals surface area contributed by atoms with Gasteiger partial charge in [-0.25, -0.2) is 0 Å². The van der Waals surface area contributed by atoms with Gasteiger partial charge in [0, 0.05) is 32.3 Å². The minimum Gasteiger partial charge on any atom is -0.397 e. The molecule has 2 fully saturated rings. The summed E-state index contributed by atoms with van der Waals surface area (Å²) in [5, 5.41) is 10.7. The lowest BCUT2D eigenvalue weighted by Crippen LogP contribution is -2.39. The molecule has 5 heteroatoms. The van der Waals surface area contributed by atoms with Crippen molar-refractivity contribution in [1.82, 2.24) is 5.32 Å². The molecule has 0 aromatic rings. The second-order valence-corrected chi connectivity index (χ2v) is 7.87. The summed E-state index contributed by atoms with van der Waals surface area (Å²) in [6.07, 6.45) is 10.7. The first-order valence-electron chi connectivity index (χ1n) is 10.5. The second-order valence-electron chi connectivity index (χ2n) is 7.87. The van der Waals surface area contributed by atoms with Crippen LogP contribution in [-0.4, -0.2) is 42.2 Å². The monoisotopic (exact) mass is 371 g/mol. The van der Waals surface area contributed by atoms with Crippen molar-refractivity contribution >= 4 is 11.7 Å². The first kappa shape index (κ1) is 23.1. The number of amides is 1. The van der Waals surface area contributed by atoms with Crippen molar-refractivity contribution < 1.29 is 20.9 Å². The summed E-state index contributed by atoms with van der Waals surface area (Å²) in [5.74, 6) is 0.816. The Bertz CT molecular complexity index is 403. The summed E-state index contributed by atoms with van der Waals surface area (Å²) in [6.45, 7) is 6.42. The fraction of sp³-hybridized carbons (Fsp3) is 0.905. The molecule has 0 unspecified atom stereocenters. The number of ketones is 1. The average Bonchev–Trinajstić information content (AvgIpc) is 2.63. The third-order valence-electron chi connectivity index (χ3n) is 5.30. The van der Waals surface area contributed by atoms with Crippen LogP contribution in [0.2, 0.25) is 0 Å². The molecule has 5 nitrogen and oxygen atoms in total. The summed E-state index contributed by atoms with van der Waals surface area (Å²) in [4.78, 5) is 24.0. The quantitative estimate of drug-likeness (QED) is 0.712. The van der Waals surface area contributed by atoms with Crippen molar-refractivity contribution in [3.8, 4) is 0 Å². The van der Waals surface area contributed by atoms with Gasteiger partial charge in [0.2, 0.25) is 5.91 Å². The van der Waals surface area contributed by atoms with Gasteiger partial charge in [0.1, 0.15) is 5.78 Å². The highest BCUT2D eigenvalue weighted by Crippen LogP contribution is 2.27. The number of Topliss-reactive ketones (excluding diaryl/α,β-unsaturated/α-hetero) is 1. The van der Waals surface area contributed by atoms with E-state index in [0.717, 1.165) is 38.5 Å². The zero-order chi connectivity index (χ0) is 19.4. The van der Waals surface area contributed by atoms with Crippen LogP contribution in [0.15, 0.2) is 0 Å². The fourth-order valence-corrected chi connectivity index (χ4v) is 3.84. The Hall–Kier alpha value is -0.940. The zero-order valence-corrected chi connectivity index (χ0v) is 17.0. The van der Waals surface area contributed by atoms with Crippen LogP contribution in [0.5, 0.6) is 0 Å². The van der Waals surface area contributed by atoms with E-state index in [-0.39, 0.29) is 31.8 Å². The van der Waals surface area contributed by atoms with Gasteiger partial charge < -0.3 is 15.2 Å². The highest BCUT2D eigenvalue weighted by Gasteiger charge is 2.28. The van der Waals surface area contributed by atoms with E-state index in [0.29, 0.717) is 24.9 Å². The van der Waals surface area contributed by atoms with Crippen molar-refractivity contribution in [2.75, 3.05) is 13.2 Å². The molecule has 0 spiro atoms. The van der Waals surface area contributed by atoms with Crippen LogP contribution in [0.3, 0.4) is 0 Å². The largest absolute Gasteiger partial charge is 0.397 e. The minimum atomic E-state index is 0. The molecule has 2 rings (SSSR count). The molecule has 0 atom stereocenters. The third-order valence-corrected chi connectivity index (χ3v) is 5.30. The number of ether oxygens (including phenoxy) is 1. The van der Waals surface area contributed by atoms with Crippen molar-refractivity contribution in [2.24, 2.45) is 11.8 Å². The average molecular weight is 372 g/mol. The highest BCUT2D eigenvalue weighted by atomic mass is 16.5. The molecule has 0 radical (unpaired) electrons. The summed E-state index contributed by atoms with van der Waals surface area (Å²) in [5.41, 5.74) is 0. The molecule has 0 aromatic carbocycles. The van der Waals surface area contributed by atoms with Crippen LogP contribution >= 0.6 is 0 Å². The molecule has 2 N–H and O–H groups in total. The van der Waals surface area contributed by atoms with E-state index in [2.05, 4.69) is 5.32 Å². The lowest BCUT2D eigenvalue weighted by atomic mass is 9.80. The Morgan fingerprint density at radius 2 is 1.65 bits per heavy atom. The Labute approximate surface area is 160 Å². The fourth-order valence-electron chi connectivity index (χ4n) is 3.84. The normalized spacial score (nSPS) is 23.9. The van der Waals surface area contributed by atoms with Gasteiger partial charge in [-0.1, -0.05) is 33.1 Å². The van der Waals surface area contributed by atoms with Crippen LogP contribution < -0.4 is 5.32 Å². The molecule has 0 aromatic heterocycles. The summed E-state index contributed by atoms with van der Waals surface area (Å²) >= 11 is 0. The highest BCUT2D eigenvalue weighted by molar-refractivity contribution is 5.83. The molecule has 26 heavy (non-hydrogen) atoms. The topological polar surface area (TPSA) is 75.6 Å². The molecule has 1 amide bonds. The van der Waals surface area contributed by atoms with Crippen LogP contribution in [0, 0.1) is 11.8 Å². The summed E-state index contributed by atoms with van der Waals surface area (Å²) in [7, 11) is 0. The number of aliphatic hydroxyl groups is 1. The number of aliphatic hydroxyl groups excluding tert-OH is 1. The van der Waals surface area contributed by atoms with Crippen LogP contribution in [0.1, 0.15) is 86.4 Å². The van der Waals surface area contributed by atoms with Gasteiger partial charge in [-0.2, -0.15) is 0 Å². The maximum Gasteiger partial charge on any atom is 0.222 e. The molecule has 0 heterocycles. The molecule has 2 saturated carbocycles. The van der Waals surface area contributed by atoms with Gasteiger partial charge >= 0.3 is 0 Å². The van der Waals surface area contributed by atoms with E-state index in [1.54, 1.807) is 6.92 Å². The number of carbonyl (C=O) groups is 2. The molecule has 2 aliphatic carbocycles. The van der Waals surface area contributed by atoms with Gasteiger partial charge in [0.05, 0.1) is 12.7 Å². The van der Waals surface area contributed by atoms with Gasteiger partial charge in [0.15, 0.2) is 0 Å². The van der Waals surface area contributed by atoms with E-state index in [9.17, 15) is 9.59 Å². The maximum absolute atomic E-state index is 12.0. The predicted octanol–water partition coefficient (Wildman–Crippen LogP) is 3.87. The number of carbonyl (C=O) groups excluding carboxylic acids is 2. The lowest BCUT2D eigenvalue weighted by molar-refractivity contribution is -0.127. The molecular formula is C21H41NO4. The zero-order valence-electron chi connectivity index (χ0n) is 17.0. The van der Waals surface area contributed by atoms with Crippen LogP contribution in [0.4, 0.5) is 0 Å². The van der Waals surface area contributed by atoms with Crippen molar-refractivity contribution in [3.63, 3.8) is 0 Å². The van der Waals surface area contributed by atoms with E-state index in [1.807, 2.05) is 13.8 Å². The molecule has 0 saturated heterocycles. The third kappa shape index (κ3) is 9.13. The van der Waals surface area contributed by atoms with Gasteiger partial charge in [-0.05, 0) is 45.4 Å². The molecule has 0 bridgehead atoms. The minimum absolute atomic E-state index is 0. The van der Waals surface area contributed by atoms with Crippen molar-refractivity contribution in [3.05, 3.63) is 0 Å². The van der Waals surface area contributed by atoms with Crippen molar-refractivity contribution in [1.29, 1.82) is 0 Å². The summed E-state index contributed by atoms with van der Waals surface area (Å²) in [6, 6.07) is 0.244. The van der Waals surface area contributed by atoms with Gasteiger partial charge in [0.25, 0.3) is 0 Å². The molecule has 0 aliphatic heterocycles. The van der Waals surface area contributed by atoms with E-state index in [4.69, 9.17) is 9.84 Å². The Balaban J connectivity index is 0.00000158. The first-order chi connectivity index (χ1) is 12.5. The second kappa shape index (κ2) is 13.3. The Morgan fingerprint density at radius 1 is 1.08 bits per heavy atom. The van der Waals surface area contributed by atoms with Gasteiger partial charge in [-0.3, -0.25) is 9.59 Å².